The molecule has 1 fully saturated rings. The third-order valence-corrected chi connectivity index (χ3v) is 4.62. The molecule has 27 heavy (non-hydrogen) atoms. The monoisotopic (exact) mass is 388 g/mol. The zero-order valence-electron chi connectivity index (χ0n) is 15.0. The van der Waals surface area contributed by atoms with Gasteiger partial charge in [0.05, 0.1) is 12.7 Å². The van der Waals surface area contributed by atoms with Gasteiger partial charge < -0.3 is 20.1 Å². The number of rotatable bonds is 7. The highest BCUT2D eigenvalue weighted by molar-refractivity contribution is 6.31. The Hall–Kier alpha value is -2.73. The summed E-state index contributed by atoms with van der Waals surface area (Å²) in [6, 6.07) is 12.3. The van der Waals surface area contributed by atoms with Crippen LogP contribution in [-0.4, -0.2) is 36.5 Å². The second-order valence-corrected chi connectivity index (χ2v) is 6.85. The third-order valence-electron chi connectivity index (χ3n) is 4.38. The van der Waals surface area contributed by atoms with Gasteiger partial charge in [-0.2, -0.15) is 0 Å². The second-order valence-electron chi connectivity index (χ2n) is 6.41. The molecule has 7 heteroatoms. The number of ether oxygens (including phenoxy) is 2. The van der Waals surface area contributed by atoms with Gasteiger partial charge in [-0.05, 0) is 48.7 Å². The van der Waals surface area contributed by atoms with Gasteiger partial charge in [0.25, 0.3) is 5.91 Å². The summed E-state index contributed by atoms with van der Waals surface area (Å²) in [5.74, 6) is -0.137. The van der Waals surface area contributed by atoms with Gasteiger partial charge in [0, 0.05) is 23.3 Å². The maximum atomic E-state index is 12.6. The van der Waals surface area contributed by atoms with Crippen molar-refractivity contribution in [3.63, 3.8) is 0 Å². The van der Waals surface area contributed by atoms with E-state index in [1.807, 2.05) is 24.3 Å². The number of hydrogen-bond donors (Lipinski definition) is 1. The molecule has 0 atom stereocenters. The fraction of sp³-hybridized carbons (Fsp3) is 0.300. The van der Waals surface area contributed by atoms with Gasteiger partial charge in [0.15, 0.2) is 6.61 Å². The van der Waals surface area contributed by atoms with Crippen molar-refractivity contribution in [2.45, 2.75) is 25.4 Å². The molecule has 1 saturated carbocycles. The fourth-order valence-corrected chi connectivity index (χ4v) is 2.90. The van der Waals surface area contributed by atoms with E-state index in [4.69, 9.17) is 26.8 Å². The minimum Gasteiger partial charge on any atom is -0.497 e. The number of benzene rings is 2. The number of carbonyl (C=O) groups is 2. The highest BCUT2D eigenvalue weighted by Crippen LogP contribution is 2.29. The Balaban J connectivity index is 1.61. The normalized spacial score (nSPS) is 13.1. The number of nitrogens with two attached hydrogens (primary N) is 1. The summed E-state index contributed by atoms with van der Waals surface area (Å²) in [5.41, 5.74) is 7.18. The number of nitrogen functional groups attached to an aromatic ring is 1. The Bertz CT molecular complexity index is 834. The Labute approximate surface area is 162 Å². The molecule has 2 aromatic carbocycles. The van der Waals surface area contributed by atoms with Crippen LogP contribution < -0.4 is 10.5 Å². The van der Waals surface area contributed by atoms with E-state index >= 15 is 0 Å². The second kappa shape index (κ2) is 8.31. The fourth-order valence-electron chi connectivity index (χ4n) is 2.73. The van der Waals surface area contributed by atoms with E-state index in [-0.39, 0.29) is 29.8 Å². The number of esters is 1. The van der Waals surface area contributed by atoms with Crippen molar-refractivity contribution >= 4 is 29.2 Å². The summed E-state index contributed by atoms with van der Waals surface area (Å²) in [7, 11) is 1.61. The van der Waals surface area contributed by atoms with E-state index < -0.39 is 5.97 Å². The number of amides is 1. The lowest BCUT2D eigenvalue weighted by atomic mass is 10.2. The lowest BCUT2D eigenvalue weighted by Crippen LogP contribution is -2.36. The molecule has 1 aliphatic rings. The van der Waals surface area contributed by atoms with E-state index in [0.29, 0.717) is 11.6 Å². The lowest BCUT2D eigenvalue weighted by molar-refractivity contribution is -0.135. The Morgan fingerprint density at radius 1 is 1.19 bits per heavy atom. The molecule has 6 nitrogen and oxygen atoms in total. The molecule has 3 rings (SSSR count). The van der Waals surface area contributed by atoms with Crippen LogP contribution in [0.1, 0.15) is 28.8 Å². The molecular weight excluding hydrogens is 368 g/mol. The highest BCUT2D eigenvalue weighted by atomic mass is 35.5. The van der Waals surface area contributed by atoms with Crippen LogP contribution in [0.4, 0.5) is 5.69 Å². The van der Waals surface area contributed by atoms with Gasteiger partial charge in [0.2, 0.25) is 0 Å². The molecule has 0 unspecified atom stereocenters. The van der Waals surface area contributed by atoms with Crippen molar-refractivity contribution in [1.29, 1.82) is 0 Å². The van der Waals surface area contributed by atoms with E-state index in [9.17, 15) is 9.59 Å². The molecule has 0 heterocycles. The van der Waals surface area contributed by atoms with E-state index in [1.54, 1.807) is 18.1 Å². The first-order valence-corrected chi connectivity index (χ1v) is 9.00. The van der Waals surface area contributed by atoms with Crippen LogP contribution in [0.5, 0.6) is 5.75 Å². The predicted octanol–water partition coefficient (Wildman–Crippen LogP) is 3.28. The van der Waals surface area contributed by atoms with Crippen molar-refractivity contribution in [2.24, 2.45) is 0 Å². The minimum atomic E-state index is -0.663. The zero-order valence-corrected chi connectivity index (χ0v) is 15.7. The van der Waals surface area contributed by atoms with Crippen LogP contribution in [0.3, 0.4) is 0 Å². The number of hydrogen-bond acceptors (Lipinski definition) is 5. The van der Waals surface area contributed by atoms with Crippen LogP contribution in [0, 0.1) is 0 Å². The van der Waals surface area contributed by atoms with Gasteiger partial charge in [0.1, 0.15) is 5.75 Å². The smallest absolute Gasteiger partial charge is 0.340 e. The number of halogens is 1. The van der Waals surface area contributed by atoms with E-state index in [1.165, 1.54) is 12.1 Å². The van der Waals surface area contributed by atoms with Crippen molar-refractivity contribution in [3.8, 4) is 5.75 Å². The van der Waals surface area contributed by atoms with Crippen LogP contribution in [-0.2, 0) is 16.1 Å². The topological polar surface area (TPSA) is 81.9 Å². The molecular formula is C20H21ClN2O4. The van der Waals surface area contributed by atoms with Crippen molar-refractivity contribution < 1.29 is 19.1 Å². The van der Waals surface area contributed by atoms with Crippen LogP contribution in [0.2, 0.25) is 5.02 Å². The summed E-state index contributed by atoms with van der Waals surface area (Å²) in [6.07, 6.45) is 1.91. The standard InChI is InChI=1S/C20H21ClN2O4/c1-26-16-7-2-13(3-8-16)11-23(15-5-6-15)19(24)12-27-20(25)17-10-14(21)4-9-18(17)22/h2-4,7-10,15H,5-6,11-12,22H2,1H3. The average molecular weight is 389 g/mol. The number of methoxy groups -OCH3 is 1. The molecule has 0 aliphatic heterocycles. The highest BCUT2D eigenvalue weighted by Gasteiger charge is 2.33. The van der Waals surface area contributed by atoms with Gasteiger partial charge >= 0.3 is 5.97 Å². The van der Waals surface area contributed by atoms with Crippen molar-refractivity contribution in [3.05, 3.63) is 58.6 Å². The van der Waals surface area contributed by atoms with Crippen molar-refractivity contribution in [2.75, 3.05) is 19.5 Å². The van der Waals surface area contributed by atoms with Crippen LogP contribution in [0.25, 0.3) is 0 Å². The van der Waals surface area contributed by atoms with E-state index in [2.05, 4.69) is 0 Å². The van der Waals surface area contributed by atoms with Crippen LogP contribution >= 0.6 is 11.6 Å². The molecule has 1 aliphatic carbocycles. The molecule has 0 saturated heterocycles. The summed E-state index contributed by atoms with van der Waals surface area (Å²) in [6.45, 7) is 0.127. The van der Waals surface area contributed by atoms with Crippen LogP contribution in [0.15, 0.2) is 42.5 Å². The van der Waals surface area contributed by atoms with Crippen molar-refractivity contribution in [1.82, 2.24) is 4.90 Å². The molecule has 2 N–H and O–H groups in total. The summed E-state index contributed by atoms with van der Waals surface area (Å²) < 4.78 is 10.3. The maximum Gasteiger partial charge on any atom is 0.340 e. The molecule has 0 bridgehead atoms. The third kappa shape index (κ3) is 4.92. The minimum absolute atomic E-state index is 0.156. The lowest BCUT2D eigenvalue weighted by Gasteiger charge is -2.22. The molecule has 1 amide bonds. The van der Waals surface area contributed by atoms with Gasteiger partial charge in [-0.3, -0.25) is 4.79 Å². The van der Waals surface area contributed by atoms with Gasteiger partial charge in [-0.15, -0.1) is 0 Å². The molecule has 2 aromatic rings. The number of anilines is 1. The Morgan fingerprint density at radius 2 is 1.89 bits per heavy atom. The SMILES string of the molecule is COc1ccc(CN(C(=O)COC(=O)c2cc(Cl)ccc2N)C2CC2)cc1. The molecule has 0 spiro atoms. The van der Waals surface area contributed by atoms with E-state index in [0.717, 1.165) is 24.2 Å². The molecule has 0 radical (unpaired) electrons. The quantitative estimate of drug-likeness (QED) is 0.581. The zero-order chi connectivity index (χ0) is 19.4. The van der Waals surface area contributed by atoms with Gasteiger partial charge in [-0.25, -0.2) is 4.79 Å². The first-order chi connectivity index (χ1) is 13.0. The molecule has 142 valence electrons. The first kappa shape index (κ1) is 19.0. The summed E-state index contributed by atoms with van der Waals surface area (Å²) in [4.78, 5) is 26.6. The van der Waals surface area contributed by atoms with Gasteiger partial charge in [-0.1, -0.05) is 23.7 Å². The predicted molar refractivity (Wildman–Crippen MR) is 103 cm³/mol. The average Bonchev–Trinajstić information content (AvgIpc) is 3.51. The molecule has 0 aromatic heterocycles. The summed E-state index contributed by atoms with van der Waals surface area (Å²) in [5, 5.41) is 0.376. The number of carbonyl (C=O) groups excluding carboxylic acids is 2. The number of nitrogens with zero attached hydrogens (tertiary/aromatic N) is 1. The Morgan fingerprint density at radius 3 is 2.52 bits per heavy atom. The maximum absolute atomic E-state index is 12.6. The Kier molecular flexibility index (Phi) is 5.86. The first-order valence-electron chi connectivity index (χ1n) is 8.62. The summed E-state index contributed by atoms with van der Waals surface area (Å²) >= 11 is 5.89. The largest absolute Gasteiger partial charge is 0.497 e.